The second-order valence-corrected chi connectivity index (χ2v) is 7.33. The Labute approximate surface area is 160 Å². The normalized spacial score (nSPS) is 14.4. The van der Waals surface area contributed by atoms with Crippen molar-refractivity contribution in [1.82, 2.24) is 4.90 Å². The molecule has 0 saturated carbocycles. The number of hydrogen-bond acceptors (Lipinski definition) is 4. The first-order valence-corrected chi connectivity index (χ1v) is 10.5. The predicted molar refractivity (Wildman–Crippen MR) is 106 cm³/mol. The zero-order valence-corrected chi connectivity index (χ0v) is 17.9. The van der Waals surface area contributed by atoms with Gasteiger partial charge in [0, 0.05) is 7.05 Å². The smallest absolute Gasteiger partial charge is 0.410 e. The standard InChI is InChI=1S/C21H41NO4/c1-7-11-13-18(9-3)15-25-20(23)17(5)22(6)21(24)26-16-19(10-4)14-12-8-2/h17-19H,7-16H2,1-6H3. The van der Waals surface area contributed by atoms with Crippen LogP contribution in [0.2, 0.25) is 0 Å². The topological polar surface area (TPSA) is 55.8 Å². The molecule has 0 aliphatic carbocycles. The van der Waals surface area contributed by atoms with Gasteiger partial charge in [0.15, 0.2) is 0 Å². The fourth-order valence-corrected chi connectivity index (χ4v) is 2.72. The molecule has 0 N–H and O–H groups in total. The minimum absolute atomic E-state index is 0.363. The van der Waals surface area contributed by atoms with Crippen molar-refractivity contribution in [1.29, 1.82) is 0 Å². The first-order valence-electron chi connectivity index (χ1n) is 10.5. The van der Waals surface area contributed by atoms with Crippen molar-refractivity contribution in [3.8, 4) is 0 Å². The maximum Gasteiger partial charge on any atom is 0.410 e. The molecule has 0 aliphatic heterocycles. The molecular formula is C21H41NO4. The number of hydrogen-bond donors (Lipinski definition) is 0. The van der Waals surface area contributed by atoms with Crippen LogP contribution in [0.25, 0.3) is 0 Å². The van der Waals surface area contributed by atoms with E-state index in [1.54, 1.807) is 14.0 Å². The Morgan fingerprint density at radius 1 is 0.846 bits per heavy atom. The summed E-state index contributed by atoms with van der Waals surface area (Å²) in [4.78, 5) is 25.8. The molecule has 0 rings (SSSR count). The average Bonchev–Trinajstić information content (AvgIpc) is 2.66. The van der Waals surface area contributed by atoms with Gasteiger partial charge in [0.2, 0.25) is 0 Å². The maximum absolute atomic E-state index is 12.2. The van der Waals surface area contributed by atoms with Gasteiger partial charge >= 0.3 is 12.1 Å². The van der Waals surface area contributed by atoms with Crippen molar-refractivity contribution in [3.05, 3.63) is 0 Å². The Kier molecular flexibility index (Phi) is 14.1. The molecule has 0 aromatic rings. The van der Waals surface area contributed by atoms with Crippen LogP contribution in [-0.2, 0) is 14.3 Å². The third-order valence-electron chi connectivity index (χ3n) is 5.20. The highest BCUT2D eigenvalue weighted by Crippen LogP contribution is 2.15. The highest BCUT2D eigenvalue weighted by molar-refractivity contribution is 5.80. The maximum atomic E-state index is 12.2. The predicted octanol–water partition coefficient (Wildman–Crippen LogP) is 5.42. The van der Waals surface area contributed by atoms with E-state index in [1.165, 1.54) is 4.90 Å². The van der Waals surface area contributed by atoms with E-state index in [0.717, 1.165) is 51.4 Å². The molecular weight excluding hydrogens is 330 g/mol. The number of amides is 1. The van der Waals surface area contributed by atoms with Crippen LogP contribution in [0.1, 0.15) is 86.0 Å². The minimum Gasteiger partial charge on any atom is -0.464 e. The van der Waals surface area contributed by atoms with E-state index in [-0.39, 0.29) is 5.97 Å². The second-order valence-electron chi connectivity index (χ2n) is 7.33. The average molecular weight is 372 g/mol. The number of ether oxygens (including phenoxy) is 2. The number of carbonyl (C=O) groups excluding carboxylic acids is 2. The number of nitrogens with zero attached hydrogens (tertiary/aromatic N) is 1. The molecule has 5 nitrogen and oxygen atoms in total. The summed E-state index contributed by atoms with van der Waals surface area (Å²) in [6.07, 6.45) is 8.25. The molecule has 0 saturated heterocycles. The lowest BCUT2D eigenvalue weighted by Crippen LogP contribution is -2.42. The summed E-state index contributed by atoms with van der Waals surface area (Å²) >= 11 is 0. The van der Waals surface area contributed by atoms with Crippen molar-refractivity contribution in [3.63, 3.8) is 0 Å². The second kappa shape index (κ2) is 14.9. The summed E-state index contributed by atoms with van der Waals surface area (Å²) < 4.78 is 10.8. The first-order chi connectivity index (χ1) is 12.4. The van der Waals surface area contributed by atoms with E-state index in [2.05, 4.69) is 27.7 Å². The molecule has 5 heteroatoms. The van der Waals surface area contributed by atoms with Crippen LogP contribution in [0.3, 0.4) is 0 Å². The number of likely N-dealkylation sites (N-methyl/N-ethyl adjacent to an activating group) is 1. The van der Waals surface area contributed by atoms with Gasteiger partial charge in [-0.1, -0.05) is 66.2 Å². The van der Waals surface area contributed by atoms with E-state index >= 15 is 0 Å². The summed E-state index contributed by atoms with van der Waals surface area (Å²) in [6.45, 7) is 11.1. The van der Waals surface area contributed by atoms with Gasteiger partial charge in [-0.05, 0) is 31.6 Å². The highest BCUT2D eigenvalue weighted by atomic mass is 16.6. The number of carbonyl (C=O) groups is 2. The molecule has 26 heavy (non-hydrogen) atoms. The van der Waals surface area contributed by atoms with Crippen molar-refractivity contribution < 1.29 is 19.1 Å². The molecule has 0 radical (unpaired) electrons. The van der Waals surface area contributed by atoms with Gasteiger partial charge < -0.3 is 9.47 Å². The lowest BCUT2D eigenvalue weighted by molar-refractivity contribution is -0.150. The summed E-state index contributed by atoms with van der Waals surface area (Å²) in [5.41, 5.74) is 0. The quantitative estimate of drug-likeness (QED) is 0.383. The minimum atomic E-state index is -0.637. The number of unbranched alkanes of at least 4 members (excludes halogenated alkanes) is 2. The summed E-state index contributed by atoms with van der Waals surface area (Å²) in [5.74, 6) is 0.420. The van der Waals surface area contributed by atoms with Gasteiger partial charge in [-0.15, -0.1) is 0 Å². The number of esters is 1. The molecule has 0 aliphatic rings. The third-order valence-corrected chi connectivity index (χ3v) is 5.20. The molecule has 0 fully saturated rings. The summed E-state index contributed by atoms with van der Waals surface area (Å²) in [7, 11) is 1.59. The number of rotatable bonds is 14. The zero-order valence-electron chi connectivity index (χ0n) is 17.9. The fourth-order valence-electron chi connectivity index (χ4n) is 2.72. The Morgan fingerprint density at radius 2 is 1.31 bits per heavy atom. The molecule has 0 aromatic heterocycles. The first kappa shape index (κ1) is 24.7. The third kappa shape index (κ3) is 10.0. The zero-order chi connectivity index (χ0) is 19.9. The monoisotopic (exact) mass is 371 g/mol. The van der Waals surface area contributed by atoms with Crippen LogP contribution in [0.5, 0.6) is 0 Å². The molecule has 0 bridgehead atoms. The van der Waals surface area contributed by atoms with Crippen molar-refractivity contribution in [2.45, 2.75) is 92.0 Å². The lowest BCUT2D eigenvalue weighted by Gasteiger charge is -2.25. The molecule has 0 heterocycles. The Balaban J connectivity index is 4.33. The molecule has 3 unspecified atom stereocenters. The van der Waals surface area contributed by atoms with Gasteiger partial charge in [0.1, 0.15) is 6.04 Å². The van der Waals surface area contributed by atoms with Gasteiger partial charge in [0.25, 0.3) is 0 Å². The fraction of sp³-hybridized carbons (Fsp3) is 0.905. The van der Waals surface area contributed by atoms with E-state index in [0.29, 0.717) is 25.0 Å². The van der Waals surface area contributed by atoms with Crippen molar-refractivity contribution in [2.24, 2.45) is 11.8 Å². The highest BCUT2D eigenvalue weighted by Gasteiger charge is 2.26. The Morgan fingerprint density at radius 3 is 1.73 bits per heavy atom. The van der Waals surface area contributed by atoms with Gasteiger partial charge in [0.05, 0.1) is 13.2 Å². The molecule has 154 valence electrons. The Bertz CT molecular complexity index is 350. The van der Waals surface area contributed by atoms with Crippen LogP contribution < -0.4 is 0 Å². The molecule has 0 spiro atoms. The van der Waals surface area contributed by atoms with Crippen LogP contribution in [0.4, 0.5) is 4.79 Å². The van der Waals surface area contributed by atoms with Gasteiger partial charge in [-0.25, -0.2) is 9.59 Å². The van der Waals surface area contributed by atoms with E-state index < -0.39 is 12.1 Å². The largest absolute Gasteiger partial charge is 0.464 e. The summed E-state index contributed by atoms with van der Waals surface area (Å²) in [6, 6.07) is -0.637. The Hall–Kier alpha value is -1.26. The SMILES string of the molecule is CCCCC(CC)COC(=O)C(C)N(C)C(=O)OCC(CC)CCCC. The molecule has 1 amide bonds. The van der Waals surface area contributed by atoms with Gasteiger partial charge in [-0.2, -0.15) is 0 Å². The van der Waals surface area contributed by atoms with Crippen LogP contribution >= 0.6 is 0 Å². The van der Waals surface area contributed by atoms with Crippen LogP contribution in [-0.4, -0.2) is 43.3 Å². The van der Waals surface area contributed by atoms with Crippen LogP contribution in [0, 0.1) is 11.8 Å². The lowest BCUT2D eigenvalue weighted by atomic mass is 10.0. The molecule has 3 atom stereocenters. The molecule has 0 aromatic carbocycles. The van der Waals surface area contributed by atoms with E-state index in [9.17, 15) is 9.59 Å². The van der Waals surface area contributed by atoms with Gasteiger partial charge in [-0.3, -0.25) is 4.90 Å². The van der Waals surface area contributed by atoms with Crippen molar-refractivity contribution in [2.75, 3.05) is 20.3 Å². The van der Waals surface area contributed by atoms with Crippen molar-refractivity contribution >= 4 is 12.1 Å². The summed E-state index contributed by atoms with van der Waals surface area (Å²) in [5, 5.41) is 0. The van der Waals surface area contributed by atoms with E-state index in [1.807, 2.05) is 0 Å². The van der Waals surface area contributed by atoms with Crippen LogP contribution in [0.15, 0.2) is 0 Å². The van der Waals surface area contributed by atoms with E-state index in [4.69, 9.17) is 9.47 Å².